The molecule has 3 aliphatic rings. The number of sulfone groups is 1. The Balaban J connectivity index is 1.33. The molecule has 0 N–H and O–H groups in total. The molecular formula is C23H25NO3S. The van der Waals surface area contributed by atoms with Crippen molar-refractivity contribution in [2.24, 2.45) is 11.8 Å². The van der Waals surface area contributed by atoms with E-state index in [0.29, 0.717) is 6.42 Å². The SMILES string of the molecule is O=S(=O)(C1=CCC(C#CC2C=CC=CC2)O1)C1CC[C@@H]1CCc1ccncc1. The van der Waals surface area contributed by atoms with Gasteiger partial charge in [-0.3, -0.25) is 4.98 Å². The van der Waals surface area contributed by atoms with Crippen LogP contribution < -0.4 is 0 Å². The normalized spacial score (nSPS) is 28.6. The Kier molecular flexibility index (Phi) is 5.68. The summed E-state index contributed by atoms with van der Waals surface area (Å²) in [6.07, 6.45) is 18.0. The molecule has 1 saturated carbocycles. The number of pyridine rings is 1. The number of aryl methyl sites for hydroxylation is 1. The molecule has 4 atom stereocenters. The first-order chi connectivity index (χ1) is 13.6. The maximum Gasteiger partial charge on any atom is 0.213 e. The summed E-state index contributed by atoms with van der Waals surface area (Å²) >= 11 is 0. The zero-order valence-electron chi connectivity index (χ0n) is 15.8. The van der Waals surface area contributed by atoms with Crippen molar-refractivity contribution in [2.75, 3.05) is 0 Å². The van der Waals surface area contributed by atoms with Gasteiger partial charge in [0.2, 0.25) is 14.9 Å². The number of nitrogens with zero attached hydrogens (tertiary/aromatic N) is 1. The van der Waals surface area contributed by atoms with Gasteiger partial charge in [-0.05, 0) is 61.8 Å². The molecule has 28 heavy (non-hydrogen) atoms. The van der Waals surface area contributed by atoms with Gasteiger partial charge in [-0.15, -0.1) is 0 Å². The maximum atomic E-state index is 13.0. The summed E-state index contributed by atoms with van der Waals surface area (Å²) in [5, 5.41) is -0.178. The van der Waals surface area contributed by atoms with E-state index in [1.165, 1.54) is 5.56 Å². The third-order valence-electron chi connectivity index (χ3n) is 5.75. The fourth-order valence-corrected chi connectivity index (χ4v) is 6.03. The van der Waals surface area contributed by atoms with Gasteiger partial charge in [0.05, 0.1) is 5.25 Å². The minimum Gasteiger partial charge on any atom is -0.466 e. The van der Waals surface area contributed by atoms with Crippen molar-refractivity contribution < 1.29 is 13.2 Å². The van der Waals surface area contributed by atoms with E-state index in [-0.39, 0.29) is 28.3 Å². The van der Waals surface area contributed by atoms with E-state index in [1.807, 2.05) is 24.3 Å². The average Bonchev–Trinajstić information content (AvgIpc) is 3.17. The Morgan fingerprint density at radius 3 is 2.68 bits per heavy atom. The second kappa shape index (κ2) is 8.36. The Hall–Kier alpha value is -2.32. The summed E-state index contributed by atoms with van der Waals surface area (Å²) in [5.41, 5.74) is 1.20. The zero-order valence-corrected chi connectivity index (χ0v) is 16.6. The number of rotatable bonds is 5. The van der Waals surface area contributed by atoms with Crippen LogP contribution in [0.4, 0.5) is 0 Å². The van der Waals surface area contributed by atoms with Crippen LogP contribution in [0.2, 0.25) is 0 Å². The second-order valence-corrected chi connectivity index (χ2v) is 9.72. The van der Waals surface area contributed by atoms with Crippen molar-refractivity contribution in [1.82, 2.24) is 4.98 Å². The summed E-state index contributed by atoms with van der Waals surface area (Å²) in [6, 6.07) is 3.98. The summed E-state index contributed by atoms with van der Waals surface area (Å²) < 4.78 is 31.8. The number of aromatic nitrogens is 1. The Morgan fingerprint density at radius 1 is 1.11 bits per heavy atom. The van der Waals surface area contributed by atoms with E-state index in [2.05, 4.69) is 29.0 Å². The van der Waals surface area contributed by atoms with Crippen LogP contribution in [0.1, 0.15) is 37.7 Å². The highest BCUT2D eigenvalue weighted by Crippen LogP contribution is 2.41. The molecule has 0 saturated heterocycles. The summed E-state index contributed by atoms with van der Waals surface area (Å²) in [4.78, 5) is 4.03. The first kappa shape index (κ1) is 19.0. The number of allylic oxidation sites excluding steroid dienone is 4. The molecule has 5 heteroatoms. The third-order valence-corrected chi connectivity index (χ3v) is 7.99. The first-order valence-electron chi connectivity index (χ1n) is 9.97. The highest BCUT2D eigenvalue weighted by molar-refractivity contribution is 7.95. The van der Waals surface area contributed by atoms with Gasteiger partial charge in [0, 0.05) is 24.7 Å². The smallest absolute Gasteiger partial charge is 0.213 e. The van der Waals surface area contributed by atoms with Gasteiger partial charge in [-0.2, -0.15) is 0 Å². The molecule has 2 heterocycles. The average molecular weight is 396 g/mol. The maximum absolute atomic E-state index is 13.0. The fourth-order valence-electron chi connectivity index (χ4n) is 3.93. The third kappa shape index (κ3) is 4.23. The molecule has 146 valence electrons. The molecular weight excluding hydrogens is 370 g/mol. The van der Waals surface area contributed by atoms with Crippen LogP contribution >= 0.6 is 0 Å². The summed E-state index contributed by atoms with van der Waals surface area (Å²) in [6.45, 7) is 0. The molecule has 4 nitrogen and oxygen atoms in total. The molecule has 1 fully saturated rings. The standard InChI is InChI=1S/C23H25NO3S/c25-28(26,22-12-9-20(22)8-6-19-14-16-24-17-15-19)23-13-11-21(27-23)10-7-18-4-2-1-3-5-18/h1-4,13-18,20-22H,5-6,8-9,11-12H2/t18?,20-,21?,22?/m0/s1. The molecule has 0 aromatic carbocycles. The van der Waals surface area contributed by atoms with Gasteiger partial charge in [-0.1, -0.05) is 36.1 Å². The van der Waals surface area contributed by atoms with Gasteiger partial charge in [0.25, 0.3) is 0 Å². The molecule has 0 amide bonds. The minimum atomic E-state index is -3.40. The van der Waals surface area contributed by atoms with Crippen molar-refractivity contribution in [3.8, 4) is 11.8 Å². The van der Waals surface area contributed by atoms with Gasteiger partial charge < -0.3 is 4.74 Å². The molecule has 3 unspecified atom stereocenters. The van der Waals surface area contributed by atoms with E-state index >= 15 is 0 Å². The van der Waals surface area contributed by atoms with E-state index in [4.69, 9.17) is 4.74 Å². The Labute approximate surface area is 167 Å². The van der Waals surface area contributed by atoms with E-state index in [9.17, 15) is 8.42 Å². The molecule has 1 aromatic heterocycles. The minimum absolute atomic E-state index is 0.143. The topological polar surface area (TPSA) is 56.3 Å². The van der Waals surface area contributed by atoms with Crippen molar-refractivity contribution in [1.29, 1.82) is 0 Å². The van der Waals surface area contributed by atoms with Gasteiger partial charge in [-0.25, -0.2) is 8.42 Å². The lowest BCUT2D eigenvalue weighted by Gasteiger charge is -2.36. The number of hydrogen-bond donors (Lipinski definition) is 0. The number of ether oxygens (including phenoxy) is 1. The lowest BCUT2D eigenvalue weighted by atomic mass is 9.80. The molecule has 4 rings (SSSR count). The van der Waals surface area contributed by atoms with E-state index < -0.39 is 9.84 Å². The van der Waals surface area contributed by atoms with Crippen molar-refractivity contribution in [3.05, 3.63) is 65.6 Å². The van der Waals surface area contributed by atoms with E-state index in [0.717, 1.165) is 32.1 Å². The predicted molar refractivity (Wildman–Crippen MR) is 110 cm³/mol. The monoisotopic (exact) mass is 395 g/mol. The van der Waals surface area contributed by atoms with Crippen LogP contribution in [-0.4, -0.2) is 24.8 Å². The van der Waals surface area contributed by atoms with Crippen LogP contribution in [-0.2, 0) is 21.0 Å². The highest BCUT2D eigenvalue weighted by atomic mass is 32.2. The van der Waals surface area contributed by atoms with Crippen molar-refractivity contribution in [2.45, 2.75) is 49.9 Å². The van der Waals surface area contributed by atoms with Crippen LogP contribution in [0.5, 0.6) is 0 Å². The van der Waals surface area contributed by atoms with Crippen LogP contribution in [0.3, 0.4) is 0 Å². The lowest BCUT2D eigenvalue weighted by Crippen LogP contribution is -2.39. The molecule has 1 aromatic rings. The molecule has 0 bridgehead atoms. The molecule has 1 aliphatic heterocycles. The summed E-state index contributed by atoms with van der Waals surface area (Å²) in [7, 11) is -3.40. The number of hydrogen-bond acceptors (Lipinski definition) is 4. The van der Waals surface area contributed by atoms with Crippen molar-refractivity contribution >= 4 is 9.84 Å². The van der Waals surface area contributed by atoms with Crippen LogP contribution in [0, 0.1) is 23.7 Å². The van der Waals surface area contributed by atoms with Crippen LogP contribution in [0.15, 0.2) is 60.0 Å². The highest BCUT2D eigenvalue weighted by Gasteiger charge is 2.44. The van der Waals surface area contributed by atoms with Gasteiger partial charge >= 0.3 is 0 Å². The predicted octanol–water partition coefficient (Wildman–Crippen LogP) is 3.97. The van der Waals surface area contributed by atoms with Crippen LogP contribution in [0.25, 0.3) is 0 Å². The molecule has 0 spiro atoms. The van der Waals surface area contributed by atoms with Crippen molar-refractivity contribution in [3.63, 3.8) is 0 Å². The summed E-state index contributed by atoms with van der Waals surface area (Å²) in [5.74, 6) is 6.69. The Morgan fingerprint density at radius 2 is 1.96 bits per heavy atom. The fraction of sp³-hybridized carbons (Fsp3) is 0.435. The first-order valence-corrected chi connectivity index (χ1v) is 11.5. The zero-order chi connectivity index (χ0) is 19.4. The van der Waals surface area contributed by atoms with E-state index in [1.54, 1.807) is 18.5 Å². The second-order valence-electron chi connectivity index (χ2n) is 7.62. The van der Waals surface area contributed by atoms with Gasteiger partial charge in [0.15, 0.2) is 6.10 Å². The molecule has 2 aliphatic carbocycles. The van der Waals surface area contributed by atoms with Gasteiger partial charge in [0.1, 0.15) is 0 Å². The molecule has 0 radical (unpaired) electrons. The largest absolute Gasteiger partial charge is 0.466 e. The quantitative estimate of drug-likeness (QED) is 0.708. The lowest BCUT2D eigenvalue weighted by molar-refractivity contribution is 0.205. The Bertz CT molecular complexity index is 951.